The predicted molar refractivity (Wildman–Crippen MR) is 90.7 cm³/mol. The zero-order chi connectivity index (χ0) is 17.2. The average molecular weight is 346 g/mol. The van der Waals surface area contributed by atoms with Crippen LogP contribution in [0.3, 0.4) is 0 Å². The Kier molecular flexibility index (Phi) is 4.70. The van der Waals surface area contributed by atoms with Gasteiger partial charge in [0.25, 0.3) is 5.91 Å². The van der Waals surface area contributed by atoms with Gasteiger partial charge in [0.15, 0.2) is 0 Å². The molecule has 3 aliphatic rings. The molecule has 0 aromatic heterocycles. The molecule has 0 radical (unpaired) electrons. The molecule has 1 saturated heterocycles. The highest BCUT2D eigenvalue weighted by Gasteiger charge is 2.34. The van der Waals surface area contributed by atoms with Crippen LogP contribution in [0.25, 0.3) is 0 Å². The van der Waals surface area contributed by atoms with Crippen molar-refractivity contribution >= 4 is 11.6 Å². The first-order valence-electron chi connectivity index (χ1n) is 9.10. The lowest BCUT2D eigenvalue weighted by molar-refractivity contribution is -0.132. The van der Waals surface area contributed by atoms with Crippen molar-refractivity contribution in [1.29, 1.82) is 0 Å². The first-order valence-corrected chi connectivity index (χ1v) is 9.10. The van der Waals surface area contributed by atoms with Crippen LogP contribution >= 0.6 is 0 Å². The van der Waals surface area contributed by atoms with E-state index in [0.29, 0.717) is 12.3 Å². The van der Waals surface area contributed by atoms with Crippen molar-refractivity contribution in [3.05, 3.63) is 35.1 Å². The molecule has 2 aliphatic heterocycles. The Bertz CT molecular complexity index is 685. The minimum atomic E-state index is -0.552. The molecular weight excluding hydrogens is 323 g/mol. The molecule has 0 spiro atoms. The van der Waals surface area contributed by atoms with Gasteiger partial charge in [0.2, 0.25) is 6.10 Å². The van der Waals surface area contributed by atoms with E-state index in [2.05, 4.69) is 10.5 Å². The Morgan fingerprint density at radius 2 is 2.08 bits per heavy atom. The Morgan fingerprint density at radius 3 is 2.92 bits per heavy atom. The molecule has 2 heterocycles. The molecule has 5 nitrogen and oxygen atoms in total. The Balaban J connectivity index is 1.37. The van der Waals surface area contributed by atoms with Gasteiger partial charge in [0.05, 0.1) is 11.8 Å². The molecule has 1 aliphatic carbocycles. The molecule has 0 saturated carbocycles. The lowest BCUT2D eigenvalue weighted by atomic mass is 9.87. The van der Waals surface area contributed by atoms with Crippen LogP contribution in [-0.2, 0) is 20.8 Å². The summed E-state index contributed by atoms with van der Waals surface area (Å²) in [7, 11) is 0. The maximum Gasteiger partial charge on any atom is 0.264 e. The second-order valence-corrected chi connectivity index (χ2v) is 7.06. The number of ether oxygens (including phenoxy) is 1. The smallest absolute Gasteiger partial charge is 0.264 e. The third-order valence-electron chi connectivity index (χ3n) is 5.41. The van der Waals surface area contributed by atoms with Crippen molar-refractivity contribution in [1.82, 2.24) is 5.32 Å². The topological polar surface area (TPSA) is 59.9 Å². The van der Waals surface area contributed by atoms with Crippen LogP contribution in [0.4, 0.5) is 4.39 Å². The largest absolute Gasteiger partial charge is 0.382 e. The Hall–Kier alpha value is -1.95. The number of fused-ring (bicyclic) bond motifs is 1. The summed E-state index contributed by atoms with van der Waals surface area (Å²) in [4.78, 5) is 18.0. The first-order chi connectivity index (χ1) is 12.2. The van der Waals surface area contributed by atoms with Crippen molar-refractivity contribution in [3.63, 3.8) is 0 Å². The summed E-state index contributed by atoms with van der Waals surface area (Å²) in [6.07, 6.45) is 4.55. The normalized spacial score (nSPS) is 26.5. The van der Waals surface area contributed by atoms with E-state index in [9.17, 15) is 9.18 Å². The van der Waals surface area contributed by atoms with Crippen LogP contribution < -0.4 is 5.32 Å². The van der Waals surface area contributed by atoms with E-state index in [1.54, 1.807) is 12.1 Å². The molecule has 2 atom stereocenters. The number of aryl methyl sites for hydroxylation is 1. The molecule has 1 fully saturated rings. The summed E-state index contributed by atoms with van der Waals surface area (Å²) in [5, 5.41) is 7.24. The number of carbonyl (C=O) groups is 1. The van der Waals surface area contributed by atoms with E-state index in [0.717, 1.165) is 62.2 Å². The first kappa shape index (κ1) is 16.5. The Morgan fingerprint density at radius 1 is 1.24 bits per heavy atom. The average Bonchev–Trinajstić information content (AvgIpc) is 3.13. The molecule has 1 aromatic rings. The van der Waals surface area contributed by atoms with Crippen LogP contribution in [0.1, 0.15) is 49.3 Å². The molecule has 2 unspecified atom stereocenters. The molecule has 1 amide bonds. The number of nitrogens with zero attached hydrogens (tertiary/aromatic N) is 1. The van der Waals surface area contributed by atoms with Crippen LogP contribution in [0.15, 0.2) is 23.4 Å². The predicted octanol–water partition coefficient (Wildman–Crippen LogP) is 2.89. The van der Waals surface area contributed by atoms with Crippen molar-refractivity contribution in [2.45, 2.75) is 50.7 Å². The lowest BCUT2D eigenvalue weighted by Crippen LogP contribution is -2.39. The van der Waals surface area contributed by atoms with Gasteiger partial charge in [-0.3, -0.25) is 4.79 Å². The summed E-state index contributed by atoms with van der Waals surface area (Å²) < 4.78 is 18.8. The summed E-state index contributed by atoms with van der Waals surface area (Å²) in [5.74, 6) is 0.0114. The van der Waals surface area contributed by atoms with Crippen LogP contribution in [0.2, 0.25) is 0 Å². The number of oxime groups is 1. The number of carbonyl (C=O) groups excluding carboxylic acids is 1. The molecule has 0 bridgehead atoms. The van der Waals surface area contributed by atoms with Crippen LogP contribution in [0.5, 0.6) is 0 Å². The third kappa shape index (κ3) is 3.54. The number of nitrogens with one attached hydrogen (secondary N) is 1. The van der Waals surface area contributed by atoms with Crippen LogP contribution in [-0.4, -0.2) is 30.9 Å². The summed E-state index contributed by atoms with van der Waals surface area (Å²) in [6.45, 7) is 1.49. The summed E-state index contributed by atoms with van der Waals surface area (Å²) >= 11 is 0. The summed E-state index contributed by atoms with van der Waals surface area (Å²) in [5.41, 5.74) is 2.99. The van der Waals surface area contributed by atoms with Crippen molar-refractivity contribution in [2.75, 3.05) is 13.2 Å². The van der Waals surface area contributed by atoms with Gasteiger partial charge in [0.1, 0.15) is 5.82 Å². The van der Waals surface area contributed by atoms with Gasteiger partial charge in [-0.25, -0.2) is 4.39 Å². The number of benzene rings is 1. The molecular formula is C19H23FN2O3. The van der Waals surface area contributed by atoms with E-state index in [1.807, 2.05) is 0 Å². The van der Waals surface area contributed by atoms with E-state index >= 15 is 0 Å². The summed E-state index contributed by atoms with van der Waals surface area (Å²) in [6, 6.07) is 4.75. The van der Waals surface area contributed by atoms with Gasteiger partial charge in [-0.15, -0.1) is 0 Å². The van der Waals surface area contributed by atoms with Crippen molar-refractivity contribution in [2.24, 2.45) is 11.1 Å². The number of hydrogen-bond acceptors (Lipinski definition) is 4. The molecule has 1 N–H and O–H groups in total. The zero-order valence-electron chi connectivity index (χ0n) is 14.2. The highest BCUT2D eigenvalue weighted by Crippen LogP contribution is 2.31. The maximum atomic E-state index is 13.4. The Labute approximate surface area is 146 Å². The van der Waals surface area contributed by atoms with E-state index in [1.165, 1.54) is 6.07 Å². The van der Waals surface area contributed by atoms with Gasteiger partial charge < -0.3 is 14.9 Å². The second kappa shape index (κ2) is 7.12. The highest BCUT2D eigenvalue weighted by atomic mass is 19.1. The van der Waals surface area contributed by atoms with Crippen molar-refractivity contribution in [3.8, 4) is 0 Å². The highest BCUT2D eigenvalue weighted by molar-refractivity contribution is 5.94. The fourth-order valence-corrected chi connectivity index (χ4v) is 4.01. The van der Waals surface area contributed by atoms with E-state index in [4.69, 9.17) is 9.57 Å². The number of halogens is 1. The SMILES string of the molecule is O=C(NC1CCCc2cc(F)ccc21)C1CC(C2CCOCC2)=NO1. The zero-order valence-corrected chi connectivity index (χ0v) is 14.2. The quantitative estimate of drug-likeness (QED) is 0.915. The molecule has 1 aromatic carbocycles. The monoisotopic (exact) mass is 346 g/mol. The van der Waals surface area contributed by atoms with Gasteiger partial charge in [0, 0.05) is 25.6 Å². The minimum Gasteiger partial charge on any atom is -0.382 e. The fraction of sp³-hybridized carbons (Fsp3) is 0.579. The van der Waals surface area contributed by atoms with Gasteiger partial charge >= 0.3 is 0 Å². The van der Waals surface area contributed by atoms with Crippen LogP contribution in [0, 0.1) is 11.7 Å². The second-order valence-electron chi connectivity index (χ2n) is 7.06. The van der Waals surface area contributed by atoms with Crippen molar-refractivity contribution < 1.29 is 18.8 Å². The van der Waals surface area contributed by atoms with Gasteiger partial charge in [-0.05, 0) is 55.4 Å². The van der Waals surface area contributed by atoms with E-state index < -0.39 is 6.10 Å². The fourth-order valence-electron chi connectivity index (χ4n) is 4.01. The minimum absolute atomic E-state index is 0.0763. The third-order valence-corrected chi connectivity index (χ3v) is 5.41. The molecule has 25 heavy (non-hydrogen) atoms. The van der Waals surface area contributed by atoms with Gasteiger partial charge in [-0.1, -0.05) is 11.2 Å². The standard InChI is InChI=1S/C19H23FN2O3/c20-14-4-5-15-13(10-14)2-1-3-16(15)21-19(23)18-11-17(22-25-18)12-6-8-24-9-7-12/h4-5,10,12,16,18H,1-3,6-9,11H2,(H,21,23). The van der Waals surface area contributed by atoms with E-state index in [-0.39, 0.29) is 17.8 Å². The lowest BCUT2D eigenvalue weighted by Gasteiger charge is -2.27. The molecule has 134 valence electrons. The van der Waals surface area contributed by atoms with Gasteiger partial charge in [-0.2, -0.15) is 0 Å². The number of rotatable bonds is 3. The number of amides is 1. The number of hydrogen-bond donors (Lipinski definition) is 1. The maximum absolute atomic E-state index is 13.4. The molecule has 6 heteroatoms. The molecule has 4 rings (SSSR count).